The Kier molecular flexibility index (Phi) is 4.29. The van der Waals surface area contributed by atoms with Crippen LogP contribution in [-0.4, -0.2) is 11.5 Å². The number of rotatable bonds is 5. The summed E-state index contributed by atoms with van der Waals surface area (Å²) in [5.41, 5.74) is 12.3. The Bertz CT molecular complexity index is 1030. The van der Waals surface area contributed by atoms with E-state index in [0.717, 1.165) is 25.8 Å². The molecular formula is C23H24N2. The first kappa shape index (κ1) is 15.9. The van der Waals surface area contributed by atoms with Gasteiger partial charge in [0, 0.05) is 22.0 Å². The van der Waals surface area contributed by atoms with Crippen LogP contribution in [0, 0.1) is 6.92 Å². The van der Waals surface area contributed by atoms with Crippen molar-refractivity contribution in [1.82, 2.24) is 4.98 Å². The van der Waals surface area contributed by atoms with Gasteiger partial charge in [-0.25, -0.2) is 0 Å². The molecule has 0 unspecified atom stereocenters. The van der Waals surface area contributed by atoms with Gasteiger partial charge in [0.1, 0.15) is 0 Å². The van der Waals surface area contributed by atoms with E-state index >= 15 is 0 Å². The second kappa shape index (κ2) is 6.73. The number of nitrogens with two attached hydrogens (primary N) is 1. The Morgan fingerprint density at radius 3 is 2.48 bits per heavy atom. The molecule has 0 saturated heterocycles. The fourth-order valence-corrected chi connectivity index (χ4v) is 3.78. The molecule has 1 heterocycles. The normalized spacial score (nSPS) is 11.4. The van der Waals surface area contributed by atoms with Crippen molar-refractivity contribution in [1.29, 1.82) is 0 Å². The molecule has 0 radical (unpaired) electrons. The second-order valence-corrected chi connectivity index (χ2v) is 6.75. The van der Waals surface area contributed by atoms with Crippen LogP contribution in [0.3, 0.4) is 0 Å². The monoisotopic (exact) mass is 328 g/mol. The van der Waals surface area contributed by atoms with Gasteiger partial charge in [0.2, 0.25) is 0 Å². The molecule has 4 aromatic rings. The van der Waals surface area contributed by atoms with Gasteiger partial charge in [0.05, 0.1) is 5.52 Å². The van der Waals surface area contributed by atoms with E-state index in [4.69, 9.17) is 5.73 Å². The molecule has 0 bridgehead atoms. The largest absolute Gasteiger partial charge is 0.354 e. The smallest absolute Gasteiger partial charge is 0.0541 e. The highest BCUT2D eigenvalue weighted by atomic mass is 14.7. The molecular weight excluding hydrogens is 304 g/mol. The molecule has 0 aliphatic rings. The summed E-state index contributed by atoms with van der Waals surface area (Å²) in [5.74, 6) is 0. The molecule has 0 fully saturated rings. The van der Waals surface area contributed by atoms with Gasteiger partial charge in [-0.05, 0) is 49.2 Å². The minimum atomic E-state index is 0.755. The predicted octanol–water partition coefficient (Wildman–Crippen LogP) is 5.58. The summed E-state index contributed by atoms with van der Waals surface area (Å²) in [5, 5.41) is 3.91. The number of hydrogen-bond donors (Lipinski definition) is 2. The standard InChI is InChI=1S/C23H24N2/c1-16-8-2-4-10-18(16)22-20(12-6-7-15-24)21-14-13-17-9-3-5-11-19(17)23(21)25-22/h2-5,8-11,13-14,25H,6-7,12,15,24H2,1H3. The molecule has 0 saturated carbocycles. The van der Waals surface area contributed by atoms with Crippen molar-refractivity contribution in [3.63, 3.8) is 0 Å². The number of H-pyrrole nitrogens is 1. The van der Waals surface area contributed by atoms with Gasteiger partial charge in [-0.15, -0.1) is 0 Å². The van der Waals surface area contributed by atoms with E-state index in [-0.39, 0.29) is 0 Å². The van der Waals surface area contributed by atoms with E-state index in [0.29, 0.717) is 0 Å². The number of aromatic amines is 1. The molecule has 4 rings (SSSR count). The van der Waals surface area contributed by atoms with Crippen molar-refractivity contribution in [2.75, 3.05) is 6.54 Å². The van der Waals surface area contributed by atoms with Gasteiger partial charge < -0.3 is 10.7 Å². The maximum Gasteiger partial charge on any atom is 0.0541 e. The number of hydrogen-bond acceptors (Lipinski definition) is 1. The minimum absolute atomic E-state index is 0.755. The summed E-state index contributed by atoms with van der Waals surface area (Å²) in [4.78, 5) is 3.76. The zero-order valence-electron chi connectivity index (χ0n) is 14.7. The highest BCUT2D eigenvalue weighted by Gasteiger charge is 2.15. The molecule has 126 valence electrons. The van der Waals surface area contributed by atoms with Crippen LogP contribution in [0.5, 0.6) is 0 Å². The Hall–Kier alpha value is -2.58. The zero-order valence-corrected chi connectivity index (χ0v) is 14.7. The lowest BCUT2D eigenvalue weighted by Crippen LogP contribution is -1.99. The summed E-state index contributed by atoms with van der Waals surface area (Å²) in [6.45, 7) is 2.94. The predicted molar refractivity (Wildman–Crippen MR) is 108 cm³/mol. The fourth-order valence-electron chi connectivity index (χ4n) is 3.78. The number of aryl methyl sites for hydroxylation is 2. The summed E-state index contributed by atoms with van der Waals surface area (Å²) >= 11 is 0. The fraction of sp³-hybridized carbons (Fsp3) is 0.217. The third-order valence-electron chi connectivity index (χ3n) is 5.10. The second-order valence-electron chi connectivity index (χ2n) is 6.75. The van der Waals surface area contributed by atoms with Gasteiger partial charge in [0.15, 0.2) is 0 Å². The number of nitrogens with one attached hydrogen (secondary N) is 1. The molecule has 3 N–H and O–H groups in total. The van der Waals surface area contributed by atoms with Crippen molar-refractivity contribution < 1.29 is 0 Å². The molecule has 0 aliphatic carbocycles. The molecule has 0 amide bonds. The Morgan fingerprint density at radius 2 is 1.64 bits per heavy atom. The first-order valence-corrected chi connectivity index (χ1v) is 9.08. The van der Waals surface area contributed by atoms with Gasteiger partial charge in [0.25, 0.3) is 0 Å². The highest BCUT2D eigenvalue weighted by Crippen LogP contribution is 2.36. The minimum Gasteiger partial charge on any atom is -0.354 e. The van der Waals surface area contributed by atoms with Gasteiger partial charge in [-0.1, -0.05) is 60.7 Å². The van der Waals surface area contributed by atoms with Gasteiger partial charge in [-0.3, -0.25) is 0 Å². The van der Waals surface area contributed by atoms with Crippen molar-refractivity contribution in [3.05, 3.63) is 71.8 Å². The zero-order chi connectivity index (χ0) is 17.2. The lowest BCUT2D eigenvalue weighted by Gasteiger charge is -2.08. The van der Waals surface area contributed by atoms with Crippen molar-refractivity contribution in [3.8, 4) is 11.3 Å². The van der Waals surface area contributed by atoms with Crippen LogP contribution in [0.2, 0.25) is 0 Å². The first-order chi connectivity index (χ1) is 12.3. The number of fused-ring (bicyclic) bond motifs is 3. The Morgan fingerprint density at radius 1 is 0.840 bits per heavy atom. The summed E-state index contributed by atoms with van der Waals surface area (Å²) in [6.07, 6.45) is 3.24. The first-order valence-electron chi connectivity index (χ1n) is 9.08. The maximum atomic E-state index is 5.72. The van der Waals surface area contributed by atoms with Crippen LogP contribution in [0.15, 0.2) is 60.7 Å². The van der Waals surface area contributed by atoms with E-state index in [2.05, 4.69) is 72.6 Å². The average molecular weight is 328 g/mol. The highest BCUT2D eigenvalue weighted by molar-refractivity contribution is 6.08. The molecule has 0 spiro atoms. The topological polar surface area (TPSA) is 41.8 Å². The molecule has 1 aromatic heterocycles. The summed E-state index contributed by atoms with van der Waals surface area (Å²) < 4.78 is 0. The van der Waals surface area contributed by atoms with Gasteiger partial charge in [-0.2, -0.15) is 0 Å². The van der Waals surface area contributed by atoms with Crippen molar-refractivity contribution >= 4 is 21.7 Å². The summed E-state index contributed by atoms with van der Waals surface area (Å²) in [7, 11) is 0. The van der Waals surface area contributed by atoms with Gasteiger partial charge >= 0.3 is 0 Å². The van der Waals surface area contributed by atoms with Crippen LogP contribution >= 0.6 is 0 Å². The lowest BCUT2D eigenvalue weighted by molar-refractivity contribution is 0.748. The van der Waals surface area contributed by atoms with E-state index in [1.54, 1.807) is 0 Å². The van der Waals surface area contributed by atoms with Crippen LogP contribution < -0.4 is 5.73 Å². The quantitative estimate of drug-likeness (QED) is 0.461. The third-order valence-corrected chi connectivity index (χ3v) is 5.10. The van der Waals surface area contributed by atoms with E-state index in [9.17, 15) is 0 Å². The van der Waals surface area contributed by atoms with Crippen LogP contribution in [-0.2, 0) is 6.42 Å². The molecule has 0 atom stereocenters. The lowest BCUT2D eigenvalue weighted by atomic mass is 9.97. The molecule has 25 heavy (non-hydrogen) atoms. The van der Waals surface area contributed by atoms with E-state index in [1.165, 1.54) is 44.1 Å². The van der Waals surface area contributed by atoms with Crippen molar-refractivity contribution in [2.45, 2.75) is 26.2 Å². The van der Waals surface area contributed by atoms with Crippen LogP contribution in [0.4, 0.5) is 0 Å². The van der Waals surface area contributed by atoms with E-state index in [1.807, 2.05) is 0 Å². The third kappa shape index (κ3) is 2.83. The van der Waals surface area contributed by atoms with Crippen molar-refractivity contribution in [2.24, 2.45) is 5.73 Å². The number of unbranched alkanes of at least 4 members (excludes halogenated alkanes) is 1. The molecule has 3 aromatic carbocycles. The number of aromatic nitrogens is 1. The van der Waals surface area contributed by atoms with Crippen LogP contribution in [0.1, 0.15) is 24.0 Å². The summed E-state index contributed by atoms with van der Waals surface area (Å²) in [6, 6.07) is 21.7. The van der Waals surface area contributed by atoms with E-state index < -0.39 is 0 Å². The van der Waals surface area contributed by atoms with Crippen LogP contribution in [0.25, 0.3) is 32.9 Å². The Labute approximate surface area is 148 Å². The number of benzene rings is 3. The SMILES string of the molecule is Cc1ccccc1-c1[nH]c2c(ccc3ccccc32)c1CCCCN. The average Bonchev–Trinajstić information content (AvgIpc) is 3.01. The molecule has 0 aliphatic heterocycles. The molecule has 2 nitrogen and oxygen atoms in total. The maximum absolute atomic E-state index is 5.72. The molecule has 2 heteroatoms. The Balaban J connectivity index is 1.98.